The van der Waals surface area contributed by atoms with Gasteiger partial charge in [0.25, 0.3) is 0 Å². The maximum atomic E-state index is 12.4. The SMILES string of the molecule is C=CCN1CCC2CN(Cc3cncn3C)CC2C1=O. The lowest BCUT2D eigenvalue weighted by Crippen LogP contribution is -2.45. The van der Waals surface area contributed by atoms with Crippen molar-refractivity contribution in [2.45, 2.75) is 13.0 Å². The van der Waals surface area contributed by atoms with Crippen LogP contribution in [0.25, 0.3) is 0 Å². The summed E-state index contributed by atoms with van der Waals surface area (Å²) in [5, 5.41) is 0. The van der Waals surface area contributed by atoms with Crippen molar-refractivity contribution in [3.63, 3.8) is 0 Å². The highest BCUT2D eigenvalue weighted by Gasteiger charge is 2.42. The Morgan fingerprint density at radius 1 is 1.50 bits per heavy atom. The summed E-state index contributed by atoms with van der Waals surface area (Å²) < 4.78 is 2.05. The minimum absolute atomic E-state index is 0.178. The largest absolute Gasteiger partial charge is 0.339 e. The van der Waals surface area contributed by atoms with E-state index in [0.29, 0.717) is 18.4 Å². The Labute approximate surface area is 119 Å². The molecule has 0 N–H and O–H groups in total. The van der Waals surface area contributed by atoms with E-state index in [4.69, 9.17) is 0 Å². The number of hydrogen-bond donors (Lipinski definition) is 0. The number of aromatic nitrogens is 2. The van der Waals surface area contributed by atoms with Gasteiger partial charge in [-0.05, 0) is 12.3 Å². The summed E-state index contributed by atoms with van der Waals surface area (Å²) in [6, 6.07) is 0. The number of likely N-dealkylation sites (tertiary alicyclic amines) is 2. The fraction of sp³-hybridized carbons (Fsp3) is 0.600. The molecule has 3 rings (SSSR count). The summed E-state index contributed by atoms with van der Waals surface area (Å²) in [6.07, 6.45) is 6.68. The van der Waals surface area contributed by atoms with E-state index in [1.54, 1.807) is 0 Å². The number of rotatable bonds is 4. The normalized spacial score (nSPS) is 26.9. The fourth-order valence-electron chi connectivity index (χ4n) is 3.43. The van der Waals surface area contributed by atoms with Gasteiger partial charge < -0.3 is 9.47 Å². The van der Waals surface area contributed by atoms with Crippen LogP contribution in [0.3, 0.4) is 0 Å². The lowest BCUT2D eigenvalue weighted by atomic mass is 9.88. The number of hydrogen-bond acceptors (Lipinski definition) is 3. The molecule has 0 spiro atoms. The van der Waals surface area contributed by atoms with E-state index in [2.05, 4.69) is 16.5 Å². The first-order valence-electron chi connectivity index (χ1n) is 7.26. The van der Waals surface area contributed by atoms with Gasteiger partial charge in [0.1, 0.15) is 0 Å². The fourth-order valence-corrected chi connectivity index (χ4v) is 3.43. The van der Waals surface area contributed by atoms with E-state index < -0.39 is 0 Å². The van der Waals surface area contributed by atoms with Crippen LogP contribution in [0, 0.1) is 11.8 Å². The van der Waals surface area contributed by atoms with Gasteiger partial charge in [0.15, 0.2) is 0 Å². The Hall–Kier alpha value is -1.62. The molecule has 2 aliphatic heterocycles. The first-order chi connectivity index (χ1) is 9.69. The average Bonchev–Trinajstić information content (AvgIpc) is 3.01. The zero-order valence-corrected chi connectivity index (χ0v) is 12.0. The smallest absolute Gasteiger partial charge is 0.227 e. The minimum Gasteiger partial charge on any atom is -0.339 e. The third-order valence-corrected chi connectivity index (χ3v) is 4.57. The molecule has 0 bridgehead atoms. The highest BCUT2D eigenvalue weighted by atomic mass is 16.2. The lowest BCUT2D eigenvalue weighted by molar-refractivity contribution is -0.138. The number of nitrogens with zero attached hydrogens (tertiary/aromatic N) is 4. The molecule has 0 saturated carbocycles. The average molecular weight is 274 g/mol. The van der Waals surface area contributed by atoms with Gasteiger partial charge in [-0.3, -0.25) is 9.69 Å². The van der Waals surface area contributed by atoms with Crippen LogP contribution in [0.2, 0.25) is 0 Å². The molecule has 0 aromatic carbocycles. The summed E-state index contributed by atoms with van der Waals surface area (Å²) in [4.78, 5) is 20.9. The molecule has 0 radical (unpaired) electrons. The number of fused-ring (bicyclic) bond motifs is 1. The molecule has 3 heterocycles. The first kappa shape index (κ1) is 13.4. The van der Waals surface area contributed by atoms with E-state index >= 15 is 0 Å². The number of imidazole rings is 1. The Morgan fingerprint density at radius 2 is 2.35 bits per heavy atom. The summed E-state index contributed by atoms with van der Waals surface area (Å²) in [5.74, 6) is 1.02. The summed E-state index contributed by atoms with van der Waals surface area (Å²) >= 11 is 0. The number of piperidine rings is 1. The van der Waals surface area contributed by atoms with Gasteiger partial charge >= 0.3 is 0 Å². The molecular weight excluding hydrogens is 252 g/mol. The second-order valence-corrected chi connectivity index (χ2v) is 5.92. The molecule has 2 aliphatic rings. The van der Waals surface area contributed by atoms with Gasteiger partial charge in [-0.2, -0.15) is 0 Å². The molecule has 1 amide bonds. The van der Waals surface area contributed by atoms with E-state index in [9.17, 15) is 4.79 Å². The highest BCUT2D eigenvalue weighted by molar-refractivity contribution is 5.80. The van der Waals surface area contributed by atoms with Crippen LogP contribution in [-0.4, -0.2) is 51.4 Å². The van der Waals surface area contributed by atoms with Crippen molar-refractivity contribution in [2.75, 3.05) is 26.2 Å². The van der Waals surface area contributed by atoms with Gasteiger partial charge in [0, 0.05) is 46.0 Å². The molecule has 5 heteroatoms. The summed E-state index contributed by atoms with van der Waals surface area (Å²) in [5.41, 5.74) is 1.21. The number of amides is 1. The number of aryl methyl sites for hydroxylation is 1. The van der Waals surface area contributed by atoms with Crippen LogP contribution in [0.1, 0.15) is 12.1 Å². The van der Waals surface area contributed by atoms with Crippen LogP contribution in [-0.2, 0) is 18.4 Å². The van der Waals surface area contributed by atoms with Crippen LogP contribution in [0.15, 0.2) is 25.2 Å². The monoisotopic (exact) mass is 274 g/mol. The molecule has 2 fully saturated rings. The third kappa shape index (κ3) is 2.38. The maximum absolute atomic E-state index is 12.4. The van der Waals surface area contributed by atoms with Crippen LogP contribution < -0.4 is 0 Å². The predicted octanol–water partition coefficient (Wildman–Crippen LogP) is 0.886. The molecule has 2 unspecified atom stereocenters. The van der Waals surface area contributed by atoms with Gasteiger partial charge in [-0.15, -0.1) is 6.58 Å². The summed E-state index contributed by atoms with van der Waals surface area (Å²) in [7, 11) is 2.02. The lowest BCUT2D eigenvalue weighted by Gasteiger charge is -2.33. The van der Waals surface area contributed by atoms with E-state index in [-0.39, 0.29) is 5.92 Å². The molecule has 1 aromatic heterocycles. The van der Waals surface area contributed by atoms with Gasteiger partial charge in [0.2, 0.25) is 5.91 Å². The highest BCUT2D eigenvalue weighted by Crippen LogP contribution is 2.32. The van der Waals surface area contributed by atoms with E-state index in [1.807, 2.05) is 35.1 Å². The molecule has 2 saturated heterocycles. The maximum Gasteiger partial charge on any atom is 0.227 e. The molecular formula is C15H22N4O. The van der Waals surface area contributed by atoms with Crippen molar-refractivity contribution in [1.82, 2.24) is 19.4 Å². The Bertz CT molecular complexity index is 510. The second kappa shape index (κ2) is 5.40. The van der Waals surface area contributed by atoms with E-state index in [0.717, 1.165) is 32.6 Å². The van der Waals surface area contributed by atoms with Gasteiger partial charge in [-0.25, -0.2) is 4.98 Å². The molecule has 108 valence electrons. The Morgan fingerprint density at radius 3 is 3.05 bits per heavy atom. The predicted molar refractivity (Wildman–Crippen MR) is 76.9 cm³/mol. The van der Waals surface area contributed by atoms with Gasteiger partial charge in [0.05, 0.1) is 17.9 Å². The van der Waals surface area contributed by atoms with Crippen molar-refractivity contribution in [2.24, 2.45) is 18.9 Å². The van der Waals surface area contributed by atoms with Crippen molar-refractivity contribution in [3.05, 3.63) is 30.9 Å². The molecule has 2 atom stereocenters. The van der Waals surface area contributed by atoms with Crippen molar-refractivity contribution >= 4 is 5.91 Å². The van der Waals surface area contributed by atoms with Crippen molar-refractivity contribution in [1.29, 1.82) is 0 Å². The van der Waals surface area contributed by atoms with Crippen LogP contribution >= 0.6 is 0 Å². The first-order valence-corrected chi connectivity index (χ1v) is 7.26. The van der Waals surface area contributed by atoms with E-state index in [1.165, 1.54) is 5.69 Å². The standard InChI is InChI=1S/C15H22N4O/c1-3-5-19-6-4-12-8-18(10-14(12)15(19)20)9-13-7-16-11-17(13)2/h3,7,11-12,14H,1,4-6,8-10H2,2H3. The topological polar surface area (TPSA) is 41.4 Å². The summed E-state index contributed by atoms with van der Waals surface area (Å²) in [6.45, 7) is 8.10. The molecule has 20 heavy (non-hydrogen) atoms. The molecule has 1 aromatic rings. The van der Waals surface area contributed by atoms with Crippen LogP contribution in [0.4, 0.5) is 0 Å². The Kier molecular flexibility index (Phi) is 3.61. The van der Waals surface area contributed by atoms with Crippen molar-refractivity contribution < 1.29 is 4.79 Å². The minimum atomic E-state index is 0.178. The van der Waals surface area contributed by atoms with Gasteiger partial charge in [-0.1, -0.05) is 6.08 Å². The quantitative estimate of drug-likeness (QED) is 0.766. The second-order valence-electron chi connectivity index (χ2n) is 5.92. The van der Waals surface area contributed by atoms with Crippen molar-refractivity contribution in [3.8, 4) is 0 Å². The molecule has 5 nitrogen and oxygen atoms in total. The molecule has 0 aliphatic carbocycles. The number of carbonyl (C=O) groups is 1. The zero-order valence-electron chi connectivity index (χ0n) is 12.0. The van der Waals surface area contributed by atoms with Crippen LogP contribution in [0.5, 0.6) is 0 Å². The number of carbonyl (C=O) groups excluding carboxylic acids is 1. The third-order valence-electron chi connectivity index (χ3n) is 4.57. The zero-order chi connectivity index (χ0) is 14.1. The Balaban J connectivity index is 1.65.